The number of carbonyl (C=O) groups excluding carboxylic acids is 1. The molecule has 2 unspecified atom stereocenters. The number of halogens is 1. The van der Waals surface area contributed by atoms with E-state index in [9.17, 15) is 20.0 Å². The van der Waals surface area contributed by atoms with E-state index in [1.54, 1.807) is 0 Å². The Morgan fingerprint density at radius 1 is 1.45 bits per heavy atom. The van der Waals surface area contributed by atoms with E-state index in [1.165, 1.54) is 18.2 Å². The second-order valence-electron chi connectivity index (χ2n) is 4.88. The lowest BCUT2D eigenvalue weighted by Gasteiger charge is -2.26. The van der Waals surface area contributed by atoms with Crippen LogP contribution in [-0.4, -0.2) is 28.1 Å². The number of amides is 1. The Kier molecular flexibility index (Phi) is 4.57. The number of hydrogen-bond donors (Lipinski definition) is 2. The largest absolute Gasteiger partial charge is 0.393 e. The molecule has 7 heteroatoms. The minimum atomic E-state index is -0.660. The lowest BCUT2D eigenvalue weighted by atomic mass is 9.93. The summed E-state index contributed by atoms with van der Waals surface area (Å²) in [6, 6.07) is 4.09. The summed E-state index contributed by atoms with van der Waals surface area (Å²) < 4.78 is 0. The number of rotatable bonds is 3. The summed E-state index contributed by atoms with van der Waals surface area (Å²) in [7, 11) is 0. The maximum Gasteiger partial charge on any atom is 0.300 e. The van der Waals surface area contributed by atoms with Crippen LogP contribution in [0.4, 0.5) is 5.69 Å². The van der Waals surface area contributed by atoms with Gasteiger partial charge >= 0.3 is 5.69 Å². The van der Waals surface area contributed by atoms with Crippen LogP contribution in [-0.2, 0) is 0 Å². The van der Waals surface area contributed by atoms with Gasteiger partial charge in [0, 0.05) is 6.04 Å². The molecule has 1 aliphatic rings. The number of hydrogen-bond acceptors (Lipinski definition) is 4. The number of aliphatic hydroxyl groups excluding tert-OH is 1. The van der Waals surface area contributed by atoms with Crippen molar-refractivity contribution in [2.45, 2.75) is 37.8 Å². The number of nitro benzene ring substituents is 1. The molecule has 1 fully saturated rings. The van der Waals surface area contributed by atoms with Crippen molar-refractivity contribution in [1.29, 1.82) is 0 Å². The SMILES string of the molecule is O=C(NC1CCCC(O)C1)c1cccc(Cl)c1[N+](=O)[O-]. The fourth-order valence-corrected chi connectivity index (χ4v) is 2.69. The molecule has 1 saturated carbocycles. The third kappa shape index (κ3) is 3.26. The van der Waals surface area contributed by atoms with E-state index in [0.29, 0.717) is 6.42 Å². The number of nitrogens with zero attached hydrogens (tertiary/aromatic N) is 1. The lowest BCUT2D eigenvalue weighted by Crippen LogP contribution is -2.39. The van der Waals surface area contributed by atoms with E-state index in [0.717, 1.165) is 19.3 Å². The van der Waals surface area contributed by atoms with Crippen LogP contribution in [0.2, 0.25) is 5.02 Å². The van der Waals surface area contributed by atoms with Crippen molar-refractivity contribution in [3.05, 3.63) is 38.9 Å². The highest BCUT2D eigenvalue weighted by atomic mass is 35.5. The maximum absolute atomic E-state index is 12.1. The lowest BCUT2D eigenvalue weighted by molar-refractivity contribution is -0.385. The van der Waals surface area contributed by atoms with Gasteiger partial charge in [-0.3, -0.25) is 14.9 Å². The monoisotopic (exact) mass is 298 g/mol. The van der Waals surface area contributed by atoms with Gasteiger partial charge in [0.25, 0.3) is 5.91 Å². The van der Waals surface area contributed by atoms with Gasteiger partial charge in [-0.25, -0.2) is 0 Å². The molecule has 6 nitrogen and oxygen atoms in total. The van der Waals surface area contributed by atoms with Crippen molar-refractivity contribution < 1.29 is 14.8 Å². The summed E-state index contributed by atoms with van der Waals surface area (Å²) in [5.74, 6) is -0.529. The molecule has 2 N–H and O–H groups in total. The van der Waals surface area contributed by atoms with Crippen molar-refractivity contribution in [1.82, 2.24) is 5.32 Å². The fourth-order valence-electron chi connectivity index (χ4n) is 2.44. The number of benzene rings is 1. The molecule has 1 aliphatic carbocycles. The standard InChI is InChI=1S/C13H15ClN2O4/c14-11-6-2-5-10(12(11)16(19)20)13(18)15-8-3-1-4-9(17)7-8/h2,5-6,8-9,17H,1,3-4,7H2,(H,15,18). The summed E-state index contributed by atoms with van der Waals surface area (Å²) in [4.78, 5) is 22.5. The van der Waals surface area contributed by atoms with Crippen molar-refractivity contribution in [2.24, 2.45) is 0 Å². The Bertz CT molecular complexity index is 535. The molecule has 1 amide bonds. The molecule has 0 bridgehead atoms. The van der Waals surface area contributed by atoms with Crippen molar-refractivity contribution in [3.8, 4) is 0 Å². The zero-order valence-corrected chi connectivity index (χ0v) is 11.5. The first-order chi connectivity index (χ1) is 9.49. The average Bonchev–Trinajstić information content (AvgIpc) is 2.37. The quantitative estimate of drug-likeness (QED) is 0.661. The first-order valence-corrected chi connectivity index (χ1v) is 6.78. The first-order valence-electron chi connectivity index (χ1n) is 6.41. The van der Waals surface area contributed by atoms with Crippen LogP contribution in [0.5, 0.6) is 0 Å². The molecule has 1 aromatic carbocycles. The van der Waals surface area contributed by atoms with Crippen molar-refractivity contribution in [2.75, 3.05) is 0 Å². The van der Waals surface area contributed by atoms with Gasteiger partial charge in [-0.15, -0.1) is 0 Å². The predicted molar refractivity (Wildman–Crippen MR) is 73.8 cm³/mol. The molecule has 0 heterocycles. The topological polar surface area (TPSA) is 92.5 Å². The van der Waals surface area contributed by atoms with Gasteiger partial charge in [-0.1, -0.05) is 17.7 Å². The van der Waals surface area contributed by atoms with Gasteiger partial charge in [0.2, 0.25) is 0 Å². The summed E-state index contributed by atoms with van der Waals surface area (Å²) >= 11 is 5.77. The second-order valence-corrected chi connectivity index (χ2v) is 5.29. The molecule has 1 aromatic rings. The summed E-state index contributed by atoms with van der Waals surface area (Å²) in [6.45, 7) is 0. The van der Waals surface area contributed by atoms with E-state index in [4.69, 9.17) is 11.6 Å². The number of nitro groups is 1. The Morgan fingerprint density at radius 2 is 2.20 bits per heavy atom. The molecular weight excluding hydrogens is 284 g/mol. The minimum Gasteiger partial charge on any atom is -0.393 e. The van der Waals surface area contributed by atoms with Gasteiger partial charge in [-0.05, 0) is 37.8 Å². The van der Waals surface area contributed by atoms with Crippen LogP contribution in [0, 0.1) is 10.1 Å². The minimum absolute atomic E-state index is 0.0532. The summed E-state index contributed by atoms with van der Waals surface area (Å²) in [6.07, 6.45) is 2.36. The molecule has 0 aliphatic heterocycles. The van der Waals surface area contributed by atoms with E-state index in [-0.39, 0.29) is 22.3 Å². The van der Waals surface area contributed by atoms with Crippen LogP contribution in [0.25, 0.3) is 0 Å². The average molecular weight is 299 g/mol. The highest BCUT2D eigenvalue weighted by Crippen LogP contribution is 2.28. The van der Waals surface area contributed by atoms with Crippen LogP contribution in [0.15, 0.2) is 18.2 Å². The van der Waals surface area contributed by atoms with Crippen LogP contribution in [0.3, 0.4) is 0 Å². The zero-order chi connectivity index (χ0) is 14.7. The Labute approximate surface area is 120 Å². The molecule has 0 saturated heterocycles. The number of para-hydroxylation sites is 1. The number of carbonyl (C=O) groups is 1. The van der Waals surface area contributed by atoms with Gasteiger partial charge in [0.15, 0.2) is 0 Å². The normalized spacial score (nSPS) is 22.3. The summed E-state index contributed by atoms with van der Waals surface area (Å²) in [5.41, 5.74) is -0.439. The maximum atomic E-state index is 12.1. The highest BCUT2D eigenvalue weighted by molar-refractivity contribution is 6.33. The van der Waals surface area contributed by atoms with Crippen LogP contribution in [0.1, 0.15) is 36.0 Å². The number of nitrogens with one attached hydrogen (secondary N) is 1. The van der Waals surface area contributed by atoms with E-state index < -0.39 is 16.9 Å². The smallest absolute Gasteiger partial charge is 0.300 e. The van der Waals surface area contributed by atoms with Crippen LogP contribution < -0.4 is 5.32 Å². The van der Waals surface area contributed by atoms with E-state index in [2.05, 4.69) is 5.32 Å². The predicted octanol–water partition coefficient (Wildman–Crippen LogP) is 2.28. The van der Waals surface area contributed by atoms with E-state index >= 15 is 0 Å². The molecule has 108 valence electrons. The van der Waals surface area contributed by atoms with Gasteiger partial charge in [0.1, 0.15) is 10.6 Å². The van der Waals surface area contributed by atoms with Gasteiger partial charge < -0.3 is 10.4 Å². The molecule has 2 atom stereocenters. The van der Waals surface area contributed by atoms with Crippen LogP contribution >= 0.6 is 11.6 Å². The first kappa shape index (κ1) is 14.7. The molecule has 2 rings (SSSR count). The summed E-state index contributed by atoms with van der Waals surface area (Å²) in [5, 5.41) is 23.2. The molecule has 20 heavy (non-hydrogen) atoms. The van der Waals surface area contributed by atoms with E-state index in [1.807, 2.05) is 0 Å². The third-order valence-corrected chi connectivity index (χ3v) is 3.70. The Morgan fingerprint density at radius 3 is 2.85 bits per heavy atom. The van der Waals surface area contributed by atoms with Crippen molar-refractivity contribution in [3.63, 3.8) is 0 Å². The second kappa shape index (κ2) is 6.19. The number of aliphatic hydroxyl groups is 1. The highest BCUT2D eigenvalue weighted by Gasteiger charge is 2.27. The molecule has 0 aromatic heterocycles. The Hall–Kier alpha value is -1.66. The molecular formula is C13H15ClN2O4. The Balaban J connectivity index is 2.17. The zero-order valence-electron chi connectivity index (χ0n) is 10.7. The molecule has 0 spiro atoms. The fraction of sp³-hybridized carbons (Fsp3) is 0.462. The van der Waals surface area contributed by atoms with Crippen molar-refractivity contribution >= 4 is 23.2 Å². The molecule has 0 radical (unpaired) electrons. The van der Waals surface area contributed by atoms with Gasteiger partial charge in [0.05, 0.1) is 11.0 Å². The third-order valence-electron chi connectivity index (χ3n) is 3.40. The van der Waals surface area contributed by atoms with Gasteiger partial charge in [-0.2, -0.15) is 0 Å².